The van der Waals surface area contributed by atoms with E-state index in [2.05, 4.69) is 0 Å². The summed E-state index contributed by atoms with van der Waals surface area (Å²) in [5.41, 5.74) is 0. The van der Waals surface area contributed by atoms with E-state index in [4.69, 9.17) is 9.84 Å². The van der Waals surface area contributed by atoms with Gasteiger partial charge in [0.25, 0.3) is 0 Å². The van der Waals surface area contributed by atoms with Gasteiger partial charge >= 0.3 is 5.97 Å². The third-order valence-corrected chi connectivity index (χ3v) is 2.79. The summed E-state index contributed by atoms with van der Waals surface area (Å²) in [5, 5.41) is 9.05. The van der Waals surface area contributed by atoms with Crippen LogP contribution in [0.25, 0.3) is 0 Å². The van der Waals surface area contributed by atoms with E-state index in [1.807, 2.05) is 0 Å². The van der Waals surface area contributed by atoms with Crippen LogP contribution < -0.4 is 4.74 Å². The van der Waals surface area contributed by atoms with Crippen molar-refractivity contribution in [2.24, 2.45) is 0 Å². The summed E-state index contributed by atoms with van der Waals surface area (Å²) in [5.74, 6) is -1.41. The van der Waals surface area contributed by atoms with Gasteiger partial charge in [-0.25, -0.2) is 9.18 Å². The molecule has 0 atom stereocenters. The highest BCUT2D eigenvalue weighted by molar-refractivity contribution is 7.15. The molecule has 1 aromatic heterocycles. The highest BCUT2D eigenvalue weighted by Gasteiger charge is 2.09. The number of ether oxygens (including phenoxy) is 1. The molecule has 0 aliphatic rings. The van der Waals surface area contributed by atoms with E-state index in [0.717, 1.165) is 11.3 Å². The molecule has 0 saturated heterocycles. The number of para-hydroxylation sites is 1. The molecule has 82 valence electrons. The van der Waals surface area contributed by atoms with E-state index in [0.29, 0.717) is 5.06 Å². The Hall–Kier alpha value is -1.88. The molecule has 2 aromatic rings. The van der Waals surface area contributed by atoms with E-state index in [-0.39, 0.29) is 10.6 Å². The number of benzene rings is 1. The van der Waals surface area contributed by atoms with E-state index in [1.54, 1.807) is 12.1 Å². The maximum atomic E-state index is 13.2. The Balaban J connectivity index is 2.21. The quantitative estimate of drug-likeness (QED) is 0.891. The third kappa shape index (κ3) is 2.20. The smallest absolute Gasteiger partial charge is 0.345 e. The Bertz CT molecular complexity index is 521. The van der Waals surface area contributed by atoms with Crippen molar-refractivity contribution < 1.29 is 19.0 Å². The Morgan fingerprint density at radius 3 is 2.62 bits per heavy atom. The van der Waals surface area contributed by atoms with Crippen molar-refractivity contribution in [3.63, 3.8) is 0 Å². The summed E-state index contributed by atoms with van der Waals surface area (Å²) in [6.45, 7) is 0. The number of carbonyl (C=O) groups is 1. The number of carboxylic acid groups (broad SMARTS) is 1. The molecule has 5 heteroatoms. The summed E-state index contributed by atoms with van der Waals surface area (Å²) >= 11 is 0.956. The molecule has 0 radical (unpaired) electrons. The topological polar surface area (TPSA) is 46.5 Å². The largest absolute Gasteiger partial charge is 0.477 e. The second kappa shape index (κ2) is 4.32. The van der Waals surface area contributed by atoms with Gasteiger partial charge in [0.15, 0.2) is 16.6 Å². The van der Waals surface area contributed by atoms with Crippen LogP contribution in [-0.2, 0) is 0 Å². The van der Waals surface area contributed by atoms with Crippen LogP contribution in [-0.4, -0.2) is 11.1 Å². The average molecular weight is 238 g/mol. The first-order chi connectivity index (χ1) is 7.66. The van der Waals surface area contributed by atoms with Crippen molar-refractivity contribution in [1.82, 2.24) is 0 Å². The minimum Gasteiger partial charge on any atom is -0.477 e. The van der Waals surface area contributed by atoms with Crippen molar-refractivity contribution in [2.75, 3.05) is 0 Å². The highest BCUT2D eigenvalue weighted by atomic mass is 32.1. The van der Waals surface area contributed by atoms with E-state index in [9.17, 15) is 9.18 Å². The summed E-state index contributed by atoms with van der Waals surface area (Å²) in [6.07, 6.45) is 0. The maximum Gasteiger partial charge on any atom is 0.345 e. The van der Waals surface area contributed by atoms with Gasteiger partial charge in [-0.15, -0.1) is 0 Å². The fourth-order valence-corrected chi connectivity index (χ4v) is 1.83. The molecular weight excluding hydrogens is 231 g/mol. The van der Waals surface area contributed by atoms with Crippen molar-refractivity contribution in [2.45, 2.75) is 0 Å². The highest BCUT2D eigenvalue weighted by Crippen LogP contribution is 2.30. The molecule has 0 amide bonds. The van der Waals surface area contributed by atoms with Crippen molar-refractivity contribution in [3.05, 3.63) is 47.1 Å². The van der Waals surface area contributed by atoms with Crippen molar-refractivity contribution in [1.29, 1.82) is 0 Å². The van der Waals surface area contributed by atoms with Gasteiger partial charge in [-0.05, 0) is 24.3 Å². The van der Waals surface area contributed by atoms with Crippen molar-refractivity contribution >= 4 is 17.3 Å². The fraction of sp³-hybridized carbons (Fsp3) is 0. The zero-order valence-corrected chi connectivity index (χ0v) is 8.83. The molecule has 16 heavy (non-hydrogen) atoms. The molecule has 0 saturated carbocycles. The average Bonchev–Trinajstić information content (AvgIpc) is 2.70. The Morgan fingerprint density at radius 2 is 2.00 bits per heavy atom. The first-order valence-electron chi connectivity index (χ1n) is 4.42. The molecule has 0 bridgehead atoms. The standard InChI is InChI=1S/C11H7FO3S/c12-7-3-1-2-4-8(7)15-10-6-5-9(16-10)11(13)14/h1-6H,(H,13,14). The van der Waals surface area contributed by atoms with Gasteiger partial charge in [-0.3, -0.25) is 0 Å². The lowest BCUT2D eigenvalue weighted by atomic mass is 10.3. The minimum absolute atomic E-state index is 0.0845. The van der Waals surface area contributed by atoms with E-state index in [1.165, 1.54) is 24.3 Å². The van der Waals surface area contributed by atoms with Gasteiger partial charge < -0.3 is 9.84 Å². The van der Waals surface area contributed by atoms with Crippen LogP contribution in [0.3, 0.4) is 0 Å². The normalized spacial score (nSPS) is 10.1. The van der Waals surface area contributed by atoms with Gasteiger partial charge in [-0.2, -0.15) is 0 Å². The number of aromatic carboxylic acids is 1. The van der Waals surface area contributed by atoms with Crippen LogP contribution in [0, 0.1) is 5.82 Å². The summed E-state index contributed by atoms with van der Waals surface area (Å²) in [6, 6.07) is 8.88. The Morgan fingerprint density at radius 1 is 1.25 bits per heavy atom. The van der Waals surface area contributed by atoms with Gasteiger partial charge in [-0.1, -0.05) is 23.5 Å². The lowest BCUT2D eigenvalue weighted by molar-refractivity contribution is 0.0702. The molecule has 1 heterocycles. The predicted octanol–water partition coefficient (Wildman–Crippen LogP) is 3.38. The number of rotatable bonds is 3. The second-order valence-electron chi connectivity index (χ2n) is 2.96. The zero-order valence-electron chi connectivity index (χ0n) is 8.01. The van der Waals surface area contributed by atoms with Crippen LogP contribution in [0.15, 0.2) is 36.4 Å². The van der Waals surface area contributed by atoms with Crippen LogP contribution >= 0.6 is 11.3 Å². The monoisotopic (exact) mass is 238 g/mol. The lowest BCUT2D eigenvalue weighted by Crippen LogP contribution is -1.89. The molecule has 0 fully saturated rings. The summed E-state index contributed by atoms with van der Waals surface area (Å²) in [4.78, 5) is 10.8. The summed E-state index contributed by atoms with van der Waals surface area (Å²) in [7, 11) is 0. The van der Waals surface area contributed by atoms with E-state index >= 15 is 0 Å². The second-order valence-corrected chi connectivity index (χ2v) is 4.00. The minimum atomic E-state index is -1.02. The molecule has 1 N–H and O–H groups in total. The lowest BCUT2D eigenvalue weighted by Gasteiger charge is -2.02. The van der Waals surface area contributed by atoms with Crippen LogP contribution in [0.2, 0.25) is 0 Å². The molecule has 0 unspecified atom stereocenters. The number of halogens is 1. The molecule has 0 spiro atoms. The fourth-order valence-electron chi connectivity index (χ4n) is 1.13. The number of thiophene rings is 1. The number of hydrogen-bond acceptors (Lipinski definition) is 3. The van der Waals surface area contributed by atoms with Gasteiger partial charge in [0.1, 0.15) is 4.88 Å². The summed E-state index contributed by atoms with van der Waals surface area (Å²) < 4.78 is 18.4. The van der Waals surface area contributed by atoms with Crippen LogP contribution in [0.1, 0.15) is 9.67 Å². The van der Waals surface area contributed by atoms with Gasteiger partial charge in [0, 0.05) is 0 Å². The number of carboxylic acids is 1. The first kappa shape index (κ1) is 10.6. The third-order valence-electron chi connectivity index (χ3n) is 1.84. The zero-order chi connectivity index (χ0) is 11.5. The van der Waals surface area contributed by atoms with E-state index < -0.39 is 11.8 Å². The van der Waals surface area contributed by atoms with Gasteiger partial charge in [0.05, 0.1) is 0 Å². The van der Waals surface area contributed by atoms with Gasteiger partial charge in [0.2, 0.25) is 0 Å². The Kier molecular flexibility index (Phi) is 2.87. The van der Waals surface area contributed by atoms with Crippen molar-refractivity contribution in [3.8, 4) is 10.8 Å². The first-order valence-corrected chi connectivity index (χ1v) is 5.24. The molecule has 0 aliphatic heterocycles. The van der Waals surface area contributed by atoms with Crippen LogP contribution in [0.4, 0.5) is 4.39 Å². The molecular formula is C11H7FO3S. The molecule has 0 aliphatic carbocycles. The molecule has 1 aromatic carbocycles. The molecule has 2 rings (SSSR count). The predicted molar refractivity (Wildman–Crippen MR) is 57.8 cm³/mol. The van der Waals surface area contributed by atoms with Crippen LogP contribution in [0.5, 0.6) is 10.8 Å². The molecule has 3 nitrogen and oxygen atoms in total. The SMILES string of the molecule is O=C(O)c1ccc(Oc2ccccc2F)s1. The Labute approximate surface area is 94.7 Å². The number of hydrogen-bond donors (Lipinski definition) is 1. The maximum absolute atomic E-state index is 13.2.